The van der Waals surface area contributed by atoms with Crippen LogP contribution in [0.15, 0.2) is 36.7 Å². The molecule has 0 spiro atoms. The summed E-state index contributed by atoms with van der Waals surface area (Å²) in [5, 5.41) is 0. The molecule has 2 aromatic rings. The number of nitrogens with zero attached hydrogens (tertiary/aromatic N) is 4. The first-order valence-corrected chi connectivity index (χ1v) is 8.14. The van der Waals surface area contributed by atoms with Crippen molar-refractivity contribution in [2.45, 2.75) is 33.2 Å². The number of carbonyl (C=O) groups excluding carboxylic acids is 1. The third-order valence-corrected chi connectivity index (χ3v) is 4.36. The summed E-state index contributed by atoms with van der Waals surface area (Å²) < 4.78 is 0. The molecule has 1 aliphatic heterocycles. The quantitative estimate of drug-likeness (QED) is 0.871. The van der Waals surface area contributed by atoms with Gasteiger partial charge in [0.25, 0.3) is 5.91 Å². The highest BCUT2D eigenvalue weighted by molar-refractivity contribution is 5.92. The second-order valence-electron chi connectivity index (χ2n) is 5.79. The number of carbonyl (C=O) groups is 1. The monoisotopic (exact) mass is 310 g/mol. The van der Waals surface area contributed by atoms with Crippen LogP contribution < -0.4 is 4.90 Å². The minimum Gasteiger partial charge on any atom is -0.338 e. The van der Waals surface area contributed by atoms with Gasteiger partial charge in [-0.1, -0.05) is 18.2 Å². The van der Waals surface area contributed by atoms with E-state index in [-0.39, 0.29) is 5.91 Å². The van der Waals surface area contributed by atoms with Crippen molar-refractivity contribution in [2.75, 3.05) is 18.0 Å². The average Bonchev–Trinajstić information content (AvgIpc) is 2.91. The van der Waals surface area contributed by atoms with Gasteiger partial charge in [-0.05, 0) is 38.8 Å². The van der Waals surface area contributed by atoms with Crippen molar-refractivity contribution >= 4 is 17.4 Å². The summed E-state index contributed by atoms with van der Waals surface area (Å²) in [5.74, 6) is 0.725. The van der Waals surface area contributed by atoms with Crippen LogP contribution in [0, 0.1) is 0 Å². The van der Waals surface area contributed by atoms with Crippen molar-refractivity contribution in [2.24, 2.45) is 0 Å². The number of rotatable bonds is 4. The van der Waals surface area contributed by atoms with Crippen LogP contribution in [0.25, 0.3) is 0 Å². The summed E-state index contributed by atoms with van der Waals surface area (Å²) in [7, 11) is 0. The number of hydrogen-bond donors (Lipinski definition) is 0. The highest BCUT2D eigenvalue weighted by Crippen LogP contribution is 2.36. The lowest BCUT2D eigenvalue weighted by Crippen LogP contribution is -2.31. The van der Waals surface area contributed by atoms with Gasteiger partial charge in [-0.15, -0.1) is 0 Å². The SMILES string of the molecule is CCN(CC)C(=O)c1cnc(N2c3ccccc3CC2C)cn1. The Morgan fingerprint density at radius 2 is 1.96 bits per heavy atom. The molecular formula is C18H22N4O. The van der Waals surface area contributed by atoms with Gasteiger partial charge in [0.1, 0.15) is 5.69 Å². The zero-order valence-electron chi connectivity index (χ0n) is 13.9. The molecule has 0 fully saturated rings. The fraction of sp³-hybridized carbons (Fsp3) is 0.389. The molecule has 120 valence electrons. The second kappa shape index (κ2) is 6.36. The standard InChI is InChI=1S/C18H22N4O/c1-4-21(5-2)18(23)15-11-20-17(12-19-15)22-13(3)10-14-8-6-7-9-16(14)22/h6-9,11-13H,4-5,10H2,1-3H3. The molecule has 5 nitrogen and oxygen atoms in total. The lowest BCUT2D eigenvalue weighted by molar-refractivity contribution is 0.0766. The molecule has 0 saturated carbocycles. The minimum absolute atomic E-state index is 0.0658. The lowest BCUT2D eigenvalue weighted by atomic mass is 10.1. The Balaban J connectivity index is 1.87. The van der Waals surface area contributed by atoms with Crippen molar-refractivity contribution in [1.82, 2.24) is 14.9 Å². The van der Waals surface area contributed by atoms with Gasteiger partial charge in [-0.3, -0.25) is 4.79 Å². The number of para-hydroxylation sites is 1. The molecule has 23 heavy (non-hydrogen) atoms. The second-order valence-corrected chi connectivity index (χ2v) is 5.79. The normalized spacial score (nSPS) is 16.3. The minimum atomic E-state index is -0.0658. The van der Waals surface area contributed by atoms with Gasteiger partial charge in [0.15, 0.2) is 5.82 Å². The van der Waals surface area contributed by atoms with E-state index in [0.29, 0.717) is 24.8 Å². The molecular weight excluding hydrogens is 288 g/mol. The Bertz CT molecular complexity index is 694. The van der Waals surface area contributed by atoms with Crippen LogP contribution >= 0.6 is 0 Å². The molecule has 3 rings (SSSR count). The van der Waals surface area contributed by atoms with E-state index in [1.54, 1.807) is 17.3 Å². The van der Waals surface area contributed by atoms with Crippen LogP contribution in [0.3, 0.4) is 0 Å². The van der Waals surface area contributed by atoms with E-state index < -0.39 is 0 Å². The molecule has 1 aromatic heterocycles. The Hall–Kier alpha value is -2.43. The maximum absolute atomic E-state index is 12.3. The predicted octanol–water partition coefficient (Wildman–Crippen LogP) is 3.04. The average molecular weight is 310 g/mol. The Morgan fingerprint density at radius 3 is 2.61 bits per heavy atom. The number of benzene rings is 1. The van der Waals surface area contributed by atoms with Crippen molar-refractivity contribution in [3.8, 4) is 0 Å². The summed E-state index contributed by atoms with van der Waals surface area (Å²) in [5.41, 5.74) is 2.90. The van der Waals surface area contributed by atoms with Crippen molar-refractivity contribution in [1.29, 1.82) is 0 Å². The van der Waals surface area contributed by atoms with E-state index >= 15 is 0 Å². The van der Waals surface area contributed by atoms with E-state index in [1.165, 1.54) is 11.3 Å². The fourth-order valence-corrected chi connectivity index (χ4v) is 3.14. The van der Waals surface area contributed by atoms with Crippen LogP contribution in [-0.4, -0.2) is 39.9 Å². The highest BCUT2D eigenvalue weighted by Gasteiger charge is 2.28. The van der Waals surface area contributed by atoms with Crippen LogP contribution in [0.4, 0.5) is 11.5 Å². The third kappa shape index (κ3) is 2.79. The summed E-state index contributed by atoms with van der Waals surface area (Å²) >= 11 is 0. The molecule has 0 radical (unpaired) electrons. The molecule has 2 heterocycles. The van der Waals surface area contributed by atoms with E-state index in [2.05, 4.69) is 40.0 Å². The number of anilines is 2. The number of aromatic nitrogens is 2. The molecule has 0 bridgehead atoms. The molecule has 0 N–H and O–H groups in total. The smallest absolute Gasteiger partial charge is 0.274 e. The largest absolute Gasteiger partial charge is 0.338 e. The van der Waals surface area contributed by atoms with Gasteiger partial charge in [0.2, 0.25) is 0 Å². The van der Waals surface area contributed by atoms with E-state index in [9.17, 15) is 4.79 Å². The van der Waals surface area contributed by atoms with Gasteiger partial charge in [-0.2, -0.15) is 0 Å². The van der Waals surface area contributed by atoms with E-state index in [4.69, 9.17) is 0 Å². The topological polar surface area (TPSA) is 49.3 Å². The molecule has 1 aromatic carbocycles. The molecule has 1 unspecified atom stereocenters. The highest BCUT2D eigenvalue weighted by atomic mass is 16.2. The van der Waals surface area contributed by atoms with Crippen molar-refractivity contribution < 1.29 is 4.79 Å². The molecule has 0 aliphatic carbocycles. The summed E-state index contributed by atoms with van der Waals surface area (Å²) in [4.78, 5) is 25.1. The third-order valence-electron chi connectivity index (χ3n) is 4.36. The zero-order chi connectivity index (χ0) is 16.4. The van der Waals surface area contributed by atoms with Crippen LogP contribution in [-0.2, 0) is 6.42 Å². The van der Waals surface area contributed by atoms with Gasteiger partial charge in [0.05, 0.1) is 12.4 Å². The van der Waals surface area contributed by atoms with E-state index in [0.717, 1.165) is 12.2 Å². The van der Waals surface area contributed by atoms with Gasteiger partial charge < -0.3 is 9.80 Å². The maximum atomic E-state index is 12.3. The Labute approximate surface area is 137 Å². The molecule has 1 atom stereocenters. The summed E-state index contributed by atoms with van der Waals surface area (Å²) in [6.45, 7) is 7.46. The first-order chi connectivity index (χ1) is 11.2. The fourth-order valence-electron chi connectivity index (χ4n) is 3.14. The Kier molecular flexibility index (Phi) is 4.28. The number of hydrogen-bond acceptors (Lipinski definition) is 4. The zero-order valence-corrected chi connectivity index (χ0v) is 13.9. The summed E-state index contributed by atoms with van der Waals surface area (Å²) in [6.07, 6.45) is 4.29. The number of fused-ring (bicyclic) bond motifs is 1. The first kappa shape index (κ1) is 15.5. The van der Waals surface area contributed by atoms with Gasteiger partial charge in [0, 0.05) is 24.8 Å². The van der Waals surface area contributed by atoms with Crippen molar-refractivity contribution in [3.63, 3.8) is 0 Å². The first-order valence-electron chi connectivity index (χ1n) is 8.14. The van der Waals surface area contributed by atoms with Crippen LogP contribution in [0.5, 0.6) is 0 Å². The maximum Gasteiger partial charge on any atom is 0.274 e. The Morgan fingerprint density at radius 1 is 1.22 bits per heavy atom. The molecule has 0 saturated heterocycles. The van der Waals surface area contributed by atoms with Gasteiger partial charge >= 0.3 is 0 Å². The van der Waals surface area contributed by atoms with Gasteiger partial charge in [-0.25, -0.2) is 9.97 Å². The van der Waals surface area contributed by atoms with Crippen LogP contribution in [0.2, 0.25) is 0 Å². The predicted molar refractivity (Wildman–Crippen MR) is 91.0 cm³/mol. The van der Waals surface area contributed by atoms with Crippen molar-refractivity contribution in [3.05, 3.63) is 47.9 Å². The lowest BCUT2D eigenvalue weighted by Gasteiger charge is -2.24. The molecule has 1 amide bonds. The number of amides is 1. The molecule has 5 heteroatoms. The summed E-state index contributed by atoms with van der Waals surface area (Å²) in [6, 6.07) is 8.70. The van der Waals surface area contributed by atoms with E-state index in [1.807, 2.05) is 19.9 Å². The van der Waals surface area contributed by atoms with Crippen LogP contribution in [0.1, 0.15) is 36.8 Å². The molecule has 1 aliphatic rings.